The van der Waals surface area contributed by atoms with Gasteiger partial charge in [0.05, 0.1) is 11.8 Å². The molecule has 0 fully saturated rings. The molecule has 2 N–H and O–H groups in total. The summed E-state index contributed by atoms with van der Waals surface area (Å²) in [5, 5.41) is 18.5. The lowest BCUT2D eigenvalue weighted by molar-refractivity contribution is -0.597. The molecular weight excluding hydrogens is 431 g/mol. The Morgan fingerprint density at radius 1 is 0.760 bits per heavy atom. The molecule has 2 atom stereocenters. The fourth-order valence-electron chi connectivity index (χ4n) is 2.75. The summed E-state index contributed by atoms with van der Waals surface area (Å²) in [5.74, 6) is -2.48. The molecule has 5 heteroatoms. The van der Waals surface area contributed by atoms with Crippen LogP contribution in [0.15, 0.2) is 48.5 Å². The lowest BCUT2D eigenvalue weighted by Crippen LogP contribution is -3.61. The van der Waals surface area contributed by atoms with Gasteiger partial charge >= 0.3 is 33.1 Å². The van der Waals surface area contributed by atoms with Crippen molar-refractivity contribution in [3.63, 3.8) is 0 Å². The summed E-state index contributed by atoms with van der Waals surface area (Å²) in [7, 11) is 0. The van der Waals surface area contributed by atoms with E-state index in [9.17, 15) is 19.8 Å². The predicted molar refractivity (Wildman–Crippen MR) is 91.6 cm³/mol. The second-order valence-electron chi connectivity index (χ2n) is 5.80. The van der Waals surface area contributed by atoms with E-state index >= 15 is 0 Å². The van der Waals surface area contributed by atoms with E-state index in [2.05, 4.69) is 0 Å². The van der Waals surface area contributed by atoms with Crippen LogP contribution in [0.3, 0.4) is 0 Å². The van der Waals surface area contributed by atoms with Gasteiger partial charge in [-0.1, -0.05) is 38.1 Å². The maximum atomic E-state index is 11.2. The zero-order valence-corrected chi connectivity index (χ0v) is 16.4. The molecule has 4 nitrogen and oxygen atoms in total. The van der Waals surface area contributed by atoms with E-state index in [0.29, 0.717) is 12.8 Å². The fraction of sp³-hybridized carbons (Fsp3) is 0.300. The summed E-state index contributed by atoms with van der Waals surface area (Å²) >= 11 is -0.372. The van der Waals surface area contributed by atoms with Crippen molar-refractivity contribution in [3.8, 4) is 0 Å². The van der Waals surface area contributed by atoms with Gasteiger partial charge in [-0.05, 0) is 48.2 Å². The molecule has 0 aliphatic carbocycles. The molecule has 0 amide bonds. The summed E-state index contributed by atoms with van der Waals surface area (Å²) in [5.41, 5.74) is 1.68. The van der Waals surface area contributed by atoms with Crippen LogP contribution in [0.5, 0.6) is 0 Å². The van der Waals surface area contributed by atoms with Crippen molar-refractivity contribution in [2.45, 2.75) is 38.5 Å². The molecule has 2 aromatic carbocycles. The minimum atomic E-state index is -0.788. The van der Waals surface area contributed by atoms with Crippen LogP contribution in [-0.2, 0) is 9.59 Å². The van der Waals surface area contributed by atoms with Crippen LogP contribution in [0.1, 0.15) is 49.7 Å². The zero-order chi connectivity index (χ0) is 18.4. The molecule has 2 unspecified atom stereocenters. The van der Waals surface area contributed by atoms with Crippen LogP contribution >= 0.6 is 0 Å². The van der Waals surface area contributed by atoms with Gasteiger partial charge in [0.25, 0.3) is 0 Å². The van der Waals surface area contributed by atoms with Gasteiger partial charge in [-0.25, -0.2) is 0 Å². The molecule has 0 saturated heterocycles. The number of carboxylic acids is 2. The second-order valence-corrected chi connectivity index (χ2v) is 8.83. The molecule has 132 valence electrons. The largest absolute Gasteiger partial charge is 0.481 e. The van der Waals surface area contributed by atoms with Gasteiger partial charge in [0.2, 0.25) is 0 Å². The van der Waals surface area contributed by atoms with Crippen LogP contribution < -0.4 is 21.2 Å². The number of hydrogen-bond donors (Lipinski definition) is 2. The predicted octanol–water partition coefficient (Wildman–Crippen LogP) is 0.971. The summed E-state index contributed by atoms with van der Waals surface area (Å²) in [6.07, 6.45) is 1.15. The molecule has 0 radical (unpaired) electrons. The first kappa shape index (κ1) is 19.4. The number of hydrogen-bond acceptors (Lipinski definition) is 2. The van der Waals surface area contributed by atoms with Gasteiger partial charge in [0, 0.05) is 0 Å². The molecule has 0 saturated carbocycles. The first-order chi connectivity index (χ1) is 12.0. The Kier molecular flexibility index (Phi) is 6.99. The SMILES string of the molecule is CCC(C(=O)O)c1ccc([I+]c2ccc(C(CC)C(=O)O)cc2)cc1. The highest BCUT2D eigenvalue weighted by molar-refractivity contribution is 5.76. The topological polar surface area (TPSA) is 74.6 Å². The van der Waals surface area contributed by atoms with Crippen LogP contribution in [0, 0.1) is 7.14 Å². The number of carbonyl (C=O) groups is 2. The third kappa shape index (κ3) is 5.04. The molecule has 2 rings (SSSR count). The zero-order valence-electron chi connectivity index (χ0n) is 14.3. The maximum absolute atomic E-state index is 11.2. The molecule has 0 aliphatic rings. The Morgan fingerprint density at radius 2 is 1.08 bits per heavy atom. The van der Waals surface area contributed by atoms with Crippen molar-refractivity contribution in [3.05, 3.63) is 66.8 Å². The number of rotatable bonds is 8. The van der Waals surface area contributed by atoms with Crippen LogP contribution in [0.4, 0.5) is 0 Å². The van der Waals surface area contributed by atoms with Gasteiger partial charge in [0.1, 0.15) is 0 Å². The van der Waals surface area contributed by atoms with Crippen molar-refractivity contribution in [2.24, 2.45) is 0 Å². The lowest BCUT2D eigenvalue weighted by atomic mass is 9.97. The Hall–Kier alpha value is -1.89. The summed E-state index contributed by atoms with van der Waals surface area (Å²) in [4.78, 5) is 22.5. The second kappa shape index (κ2) is 8.99. The first-order valence-electron chi connectivity index (χ1n) is 8.26. The van der Waals surface area contributed by atoms with Gasteiger partial charge < -0.3 is 10.2 Å². The molecule has 0 spiro atoms. The van der Waals surface area contributed by atoms with E-state index < -0.39 is 23.8 Å². The molecule has 2 aromatic rings. The third-order valence-electron chi connectivity index (χ3n) is 4.18. The van der Waals surface area contributed by atoms with Crippen molar-refractivity contribution in [1.82, 2.24) is 0 Å². The van der Waals surface area contributed by atoms with E-state index in [0.717, 1.165) is 11.1 Å². The fourth-order valence-corrected chi connectivity index (χ4v) is 4.91. The van der Waals surface area contributed by atoms with Crippen molar-refractivity contribution < 1.29 is 41.0 Å². The van der Waals surface area contributed by atoms with Gasteiger partial charge in [-0.15, -0.1) is 0 Å². The standard InChI is InChI=1S/C20H21IO4/c1-3-17(19(22)23)13-5-9-15(10-6-13)21-16-11-7-14(8-12-16)18(4-2)20(24)25/h5-12,17-18H,3-4H2,1-2H3,(H-,22,23,24,25)/p+1. The lowest BCUT2D eigenvalue weighted by Gasteiger charge is -2.09. The minimum absolute atomic E-state index is 0.372. The van der Waals surface area contributed by atoms with Crippen molar-refractivity contribution >= 4 is 11.9 Å². The van der Waals surface area contributed by atoms with Crippen molar-refractivity contribution in [2.75, 3.05) is 0 Å². The minimum Gasteiger partial charge on any atom is -0.481 e. The molecule has 0 aliphatic heterocycles. The summed E-state index contributed by atoms with van der Waals surface area (Å²) in [6, 6.07) is 15.7. The Bertz CT molecular complexity index is 659. The normalized spacial score (nSPS) is 13.2. The molecule has 0 aromatic heterocycles. The quantitative estimate of drug-likeness (QED) is 0.585. The molecule has 0 bridgehead atoms. The highest BCUT2D eigenvalue weighted by Crippen LogP contribution is 2.19. The van der Waals surface area contributed by atoms with E-state index in [1.165, 1.54) is 7.14 Å². The molecular formula is C20H22IO4+. The maximum Gasteiger partial charge on any atom is 0.357 e. The summed E-state index contributed by atoms with van der Waals surface area (Å²) < 4.78 is 2.42. The summed E-state index contributed by atoms with van der Waals surface area (Å²) in [6.45, 7) is 3.75. The third-order valence-corrected chi connectivity index (χ3v) is 6.86. The average Bonchev–Trinajstić information content (AvgIpc) is 2.58. The van der Waals surface area contributed by atoms with E-state index in [4.69, 9.17) is 0 Å². The Labute approximate surface area is 158 Å². The first-order valence-corrected chi connectivity index (χ1v) is 10.4. The highest BCUT2D eigenvalue weighted by Gasteiger charge is 2.22. The van der Waals surface area contributed by atoms with Gasteiger partial charge in [-0.3, -0.25) is 9.59 Å². The number of aliphatic carboxylic acids is 2. The average molecular weight is 453 g/mol. The Morgan fingerprint density at radius 3 is 1.32 bits per heavy atom. The van der Waals surface area contributed by atoms with Crippen LogP contribution in [0.2, 0.25) is 0 Å². The van der Waals surface area contributed by atoms with E-state index in [1.54, 1.807) is 0 Å². The van der Waals surface area contributed by atoms with Crippen LogP contribution in [0.25, 0.3) is 0 Å². The monoisotopic (exact) mass is 453 g/mol. The van der Waals surface area contributed by atoms with E-state index in [-0.39, 0.29) is 21.2 Å². The number of halogens is 1. The smallest absolute Gasteiger partial charge is 0.357 e. The van der Waals surface area contributed by atoms with Crippen molar-refractivity contribution in [1.29, 1.82) is 0 Å². The number of benzene rings is 2. The van der Waals surface area contributed by atoms with Gasteiger partial charge in [-0.2, -0.15) is 0 Å². The van der Waals surface area contributed by atoms with Crippen LogP contribution in [-0.4, -0.2) is 22.2 Å². The highest BCUT2D eigenvalue weighted by atomic mass is 127. The molecule has 0 heterocycles. The number of carboxylic acid groups (broad SMARTS) is 2. The van der Waals surface area contributed by atoms with E-state index in [1.807, 2.05) is 62.4 Å². The van der Waals surface area contributed by atoms with Gasteiger partial charge in [0.15, 0.2) is 7.14 Å². The Balaban J connectivity index is 2.09. The molecule has 25 heavy (non-hydrogen) atoms.